The molecule has 3 aromatic carbocycles. The summed E-state index contributed by atoms with van der Waals surface area (Å²) in [5.41, 5.74) is 10.3. The fourth-order valence-electron chi connectivity index (χ4n) is 2.36. The molecule has 0 heterocycles. The van der Waals surface area contributed by atoms with Crippen LogP contribution >= 0.6 is 0 Å². The molecule has 0 spiro atoms. The number of fused-ring (bicyclic) bond motifs is 1. The zero-order valence-corrected chi connectivity index (χ0v) is 15.7. The van der Waals surface area contributed by atoms with Gasteiger partial charge in [-0.15, -0.1) is 0 Å². The van der Waals surface area contributed by atoms with Crippen molar-refractivity contribution in [2.45, 2.75) is 6.18 Å². The summed E-state index contributed by atoms with van der Waals surface area (Å²) in [5, 5.41) is 16.5. The maximum atomic E-state index is 11.2. The number of carboxylic acids is 1. The second kappa shape index (κ2) is 9.95. The smallest absolute Gasteiger partial charge is 0.475 e. The first-order chi connectivity index (χ1) is 14.6. The van der Waals surface area contributed by atoms with Gasteiger partial charge in [-0.2, -0.15) is 13.2 Å². The third-order valence-electron chi connectivity index (χ3n) is 3.83. The SMILES string of the molecule is N=C(N)c1ccc2cccc(NOC(=C=O)c3ccccc3)c2c1.O=C(O)C(F)(F)F. The number of anilines is 1. The third-order valence-corrected chi connectivity index (χ3v) is 3.83. The van der Waals surface area contributed by atoms with Gasteiger partial charge < -0.3 is 15.7 Å². The van der Waals surface area contributed by atoms with Gasteiger partial charge in [0.15, 0.2) is 5.94 Å². The summed E-state index contributed by atoms with van der Waals surface area (Å²) in [5.74, 6) is -0.907. The topological polar surface area (TPSA) is 126 Å². The summed E-state index contributed by atoms with van der Waals surface area (Å²) in [7, 11) is 0. The third kappa shape index (κ3) is 6.34. The van der Waals surface area contributed by atoms with Crippen LogP contribution in [0, 0.1) is 5.41 Å². The Morgan fingerprint density at radius 1 is 1.03 bits per heavy atom. The second-order valence-electron chi connectivity index (χ2n) is 5.96. The molecule has 0 amide bonds. The molecule has 7 nitrogen and oxygen atoms in total. The highest BCUT2D eigenvalue weighted by atomic mass is 19.4. The van der Waals surface area contributed by atoms with E-state index in [0.717, 1.165) is 10.8 Å². The van der Waals surface area contributed by atoms with E-state index in [-0.39, 0.29) is 11.6 Å². The molecule has 0 aliphatic heterocycles. The molecule has 160 valence electrons. The Kier molecular flexibility index (Phi) is 7.38. The summed E-state index contributed by atoms with van der Waals surface area (Å²) in [6, 6.07) is 20.1. The van der Waals surface area contributed by atoms with E-state index in [4.69, 9.17) is 25.9 Å². The molecule has 31 heavy (non-hydrogen) atoms. The first-order valence-electron chi connectivity index (χ1n) is 8.54. The van der Waals surface area contributed by atoms with Crippen molar-refractivity contribution in [3.63, 3.8) is 0 Å². The normalized spacial score (nSPS) is 10.3. The van der Waals surface area contributed by atoms with Crippen LogP contribution in [0.4, 0.5) is 18.9 Å². The Hall–Kier alpha value is -4.30. The van der Waals surface area contributed by atoms with E-state index in [2.05, 4.69) is 5.48 Å². The number of carbonyl (C=O) groups is 1. The lowest BCUT2D eigenvalue weighted by molar-refractivity contribution is -0.192. The quantitative estimate of drug-likeness (QED) is 0.159. The number of carbonyl (C=O) groups excluding carboxylic acids is 1. The Balaban J connectivity index is 0.000000423. The number of amidine groups is 1. The largest absolute Gasteiger partial charge is 0.490 e. The number of nitrogens with one attached hydrogen (secondary N) is 2. The lowest BCUT2D eigenvalue weighted by Gasteiger charge is -2.12. The molecule has 0 unspecified atom stereocenters. The van der Waals surface area contributed by atoms with Gasteiger partial charge in [-0.25, -0.2) is 15.1 Å². The Bertz CT molecular complexity index is 1140. The molecule has 0 atom stereocenters. The van der Waals surface area contributed by atoms with Gasteiger partial charge in [0.1, 0.15) is 5.84 Å². The van der Waals surface area contributed by atoms with E-state index in [1.54, 1.807) is 30.2 Å². The molecule has 0 aliphatic carbocycles. The maximum Gasteiger partial charge on any atom is 0.490 e. The number of rotatable bonds is 5. The molecular formula is C21H16F3N3O4. The molecule has 3 rings (SSSR count). The number of hydrogen-bond acceptors (Lipinski definition) is 5. The van der Waals surface area contributed by atoms with Gasteiger partial charge in [0.05, 0.1) is 5.69 Å². The lowest BCUT2D eigenvalue weighted by atomic mass is 10.1. The number of halogens is 3. The van der Waals surface area contributed by atoms with E-state index in [0.29, 0.717) is 16.8 Å². The van der Waals surface area contributed by atoms with Crippen LogP contribution in [0.3, 0.4) is 0 Å². The van der Waals surface area contributed by atoms with Crippen molar-refractivity contribution >= 4 is 40.0 Å². The number of hydrogen-bond donors (Lipinski definition) is 4. The molecule has 0 bridgehead atoms. The lowest BCUT2D eigenvalue weighted by Crippen LogP contribution is -2.21. The molecule has 10 heteroatoms. The van der Waals surface area contributed by atoms with E-state index in [9.17, 15) is 18.0 Å². The summed E-state index contributed by atoms with van der Waals surface area (Å²) >= 11 is 0. The molecular weight excluding hydrogens is 415 g/mol. The van der Waals surface area contributed by atoms with Crippen LogP contribution in [-0.2, 0) is 14.4 Å². The molecule has 3 aromatic rings. The maximum absolute atomic E-state index is 11.2. The van der Waals surface area contributed by atoms with Gasteiger partial charge in [-0.3, -0.25) is 5.41 Å². The summed E-state index contributed by atoms with van der Waals surface area (Å²) in [4.78, 5) is 25.5. The van der Waals surface area contributed by atoms with E-state index in [1.165, 1.54) is 0 Å². The second-order valence-corrected chi connectivity index (χ2v) is 5.96. The van der Waals surface area contributed by atoms with Crippen LogP contribution in [0.15, 0.2) is 66.7 Å². The molecule has 0 aliphatic rings. The average Bonchev–Trinajstić information content (AvgIpc) is 2.74. The van der Waals surface area contributed by atoms with Crippen molar-refractivity contribution in [3.05, 3.63) is 77.9 Å². The van der Waals surface area contributed by atoms with Gasteiger partial charge >= 0.3 is 12.1 Å². The molecule has 5 N–H and O–H groups in total. The molecule has 0 aromatic heterocycles. The average molecular weight is 431 g/mol. The number of nitrogens with two attached hydrogens (primary N) is 1. The zero-order chi connectivity index (χ0) is 23.0. The van der Waals surface area contributed by atoms with Crippen molar-refractivity contribution in [1.82, 2.24) is 0 Å². The summed E-state index contributed by atoms with van der Waals surface area (Å²) < 4.78 is 31.7. The fraction of sp³-hybridized carbons (Fsp3) is 0.0476. The summed E-state index contributed by atoms with van der Waals surface area (Å²) in [6.45, 7) is 0. The minimum Gasteiger partial charge on any atom is -0.475 e. The minimum atomic E-state index is -5.08. The van der Waals surface area contributed by atoms with Crippen LogP contribution < -0.4 is 11.2 Å². The van der Waals surface area contributed by atoms with E-state index in [1.807, 2.05) is 42.5 Å². The van der Waals surface area contributed by atoms with Crippen molar-refractivity contribution in [2.75, 3.05) is 5.48 Å². The van der Waals surface area contributed by atoms with Gasteiger partial charge in [0, 0.05) is 16.5 Å². The predicted molar refractivity (Wildman–Crippen MR) is 109 cm³/mol. The van der Waals surface area contributed by atoms with Crippen molar-refractivity contribution < 1.29 is 32.7 Å². The van der Waals surface area contributed by atoms with Gasteiger partial charge in [-0.1, -0.05) is 54.6 Å². The number of aliphatic carboxylic acids is 1. The number of carboxylic acid groups (broad SMARTS) is 1. The standard InChI is InChI=1S/C19H15N3O2.C2HF3O2/c20-19(21)15-10-9-13-7-4-8-17(16(13)11-15)22-24-18(12-23)14-5-2-1-3-6-14;3-2(4,5)1(6)7/h1-11,22H,(H3,20,21);(H,6,7). The minimum absolute atomic E-state index is 0.00890. The van der Waals surface area contributed by atoms with Crippen LogP contribution in [0.25, 0.3) is 16.5 Å². The van der Waals surface area contributed by atoms with Crippen LogP contribution in [0.1, 0.15) is 11.1 Å². The highest BCUT2D eigenvalue weighted by Crippen LogP contribution is 2.25. The highest BCUT2D eigenvalue weighted by molar-refractivity contribution is 6.02. The van der Waals surface area contributed by atoms with Gasteiger partial charge in [-0.05, 0) is 17.5 Å². The van der Waals surface area contributed by atoms with Crippen molar-refractivity contribution in [1.29, 1.82) is 5.41 Å². The van der Waals surface area contributed by atoms with Crippen LogP contribution in [0.5, 0.6) is 0 Å². The Morgan fingerprint density at radius 2 is 1.68 bits per heavy atom. The number of benzene rings is 3. The number of nitrogen functional groups attached to an aromatic ring is 1. The van der Waals surface area contributed by atoms with Crippen molar-refractivity contribution in [2.24, 2.45) is 5.73 Å². The predicted octanol–water partition coefficient (Wildman–Crippen LogP) is 3.97. The van der Waals surface area contributed by atoms with Gasteiger partial charge in [0.25, 0.3) is 0 Å². The Morgan fingerprint density at radius 3 is 2.23 bits per heavy atom. The zero-order valence-electron chi connectivity index (χ0n) is 15.7. The molecule has 0 fully saturated rings. The first-order valence-corrected chi connectivity index (χ1v) is 8.54. The van der Waals surface area contributed by atoms with Crippen LogP contribution in [-0.4, -0.2) is 29.0 Å². The molecule has 0 saturated carbocycles. The molecule has 0 saturated heterocycles. The monoisotopic (exact) mass is 431 g/mol. The number of alkyl halides is 3. The molecule has 0 radical (unpaired) electrons. The van der Waals surface area contributed by atoms with Gasteiger partial charge in [0.2, 0.25) is 5.76 Å². The summed E-state index contributed by atoms with van der Waals surface area (Å²) in [6.07, 6.45) is -5.08. The fourth-order valence-corrected chi connectivity index (χ4v) is 2.36. The first kappa shape index (κ1) is 23.0. The van der Waals surface area contributed by atoms with E-state index >= 15 is 0 Å². The van der Waals surface area contributed by atoms with E-state index < -0.39 is 12.1 Å². The van der Waals surface area contributed by atoms with Crippen LogP contribution in [0.2, 0.25) is 0 Å². The highest BCUT2D eigenvalue weighted by Gasteiger charge is 2.38. The van der Waals surface area contributed by atoms with Crippen molar-refractivity contribution in [3.8, 4) is 0 Å². The Labute approximate surface area is 174 Å².